The number of para-hydroxylation sites is 1. The van der Waals surface area contributed by atoms with Crippen molar-refractivity contribution in [2.24, 2.45) is 0 Å². The maximum atomic E-state index is 6.26. The zero-order valence-corrected chi connectivity index (χ0v) is 12.1. The number of benzene rings is 1. The molecule has 106 valence electrons. The minimum absolute atomic E-state index is 0.232. The monoisotopic (exact) mass is 264 g/mol. The molecule has 2 rings (SSSR count). The van der Waals surface area contributed by atoms with Crippen molar-refractivity contribution in [1.82, 2.24) is 0 Å². The second-order valence-corrected chi connectivity index (χ2v) is 5.18. The molecule has 0 saturated carbocycles. The van der Waals surface area contributed by atoms with Crippen LogP contribution in [-0.2, 0) is 4.74 Å². The summed E-state index contributed by atoms with van der Waals surface area (Å²) in [4.78, 5) is 2.31. The van der Waals surface area contributed by atoms with Crippen LogP contribution in [0.25, 0.3) is 0 Å². The van der Waals surface area contributed by atoms with E-state index in [-0.39, 0.29) is 6.10 Å². The van der Waals surface area contributed by atoms with Gasteiger partial charge in [0.05, 0.1) is 30.7 Å². The average Bonchev–Trinajstić information content (AvgIpc) is 2.41. The van der Waals surface area contributed by atoms with Gasteiger partial charge >= 0.3 is 0 Å². The van der Waals surface area contributed by atoms with E-state index >= 15 is 0 Å². The lowest BCUT2D eigenvalue weighted by Crippen LogP contribution is -2.47. The third-order valence-corrected chi connectivity index (χ3v) is 3.42. The van der Waals surface area contributed by atoms with Crippen LogP contribution in [0.3, 0.4) is 0 Å². The van der Waals surface area contributed by atoms with Gasteiger partial charge in [-0.25, -0.2) is 0 Å². The number of nitrogen functional groups attached to an aromatic ring is 1. The summed E-state index contributed by atoms with van der Waals surface area (Å²) in [5.74, 6) is 0.783. The number of ether oxygens (including phenoxy) is 2. The van der Waals surface area contributed by atoms with Crippen LogP contribution in [0.5, 0.6) is 5.75 Å². The Labute approximate surface area is 115 Å². The number of nitrogens with two attached hydrogens (primary N) is 1. The zero-order valence-electron chi connectivity index (χ0n) is 12.1. The Morgan fingerprint density at radius 3 is 2.95 bits per heavy atom. The van der Waals surface area contributed by atoms with Crippen molar-refractivity contribution < 1.29 is 9.47 Å². The molecule has 0 radical (unpaired) electrons. The summed E-state index contributed by atoms with van der Waals surface area (Å²) in [5, 5.41) is 0. The first kappa shape index (κ1) is 14.0. The van der Waals surface area contributed by atoms with Gasteiger partial charge in [-0.1, -0.05) is 13.0 Å². The molecule has 0 amide bonds. The molecule has 1 aromatic rings. The molecule has 0 aliphatic carbocycles. The SMILES string of the molecule is CCCOc1cccc(N2CC(C)OCC2C)c1N. The molecule has 1 aliphatic heterocycles. The molecule has 0 bridgehead atoms. The van der Waals surface area contributed by atoms with Gasteiger partial charge in [-0.05, 0) is 32.4 Å². The van der Waals surface area contributed by atoms with Crippen molar-refractivity contribution >= 4 is 11.4 Å². The van der Waals surface area contributed by atoms with Gasteiger partial charge < -0.3 is 20.1 Å². The average molecular weight is 264 g/mol. The van der Waals surface area contributed by atoms with Gasteiger partial charge in [0.15, 0.2) is 0 Å². The van der Waals surface area contributed by atoms with Gasteiger partial charge in [-0.15, -0.1) is 0 Å². The summed E-state index contributed by atoms with van der Waals surface area (Å²) in [6, 6.07) is 6.33. The number of anilines is 2. The van der Waals surface area contributed by atoms with Crippen LogP contribution in [0.4, 0.5) is 11.4 Å². The van der Waals surface area contributed by atoms with E-state index in [2.05, 4.69) is 31.7 Å². The lowest BCUT2D eigenvalue weighted by molar-refractivity contribution is 0.0344. The van der Waals surface area contributed by atoms with Gasteiger partial charge in [0.25, 0.3) is 0 Å². The summed E-state index contributed by atoms with van der Waals surface area (Å²) < 4.78 is 11.4. The predicted octanol–water partition coefficient (Wildman–Crippen LogP) is 2.67. The van der Waals surface area contributed by atoms with Crippen LogP contribution in [0.15, 0.2) is 18.2 Å². The normalized spacial score (nSPS) is 23.4. The van der Waals surface area contributed by atoms with Crippen LogP contribution in [0.1, 0.15) is 27.2 Å². The zero-order chi connectivity index (χ0) is 13.8. The number of nitrogens with zero attached hydrogens (tertiary/aromatic N) is 1. The summed E-state index contributed by atoms with van der Waals surface area (Å²) >= 11 is 0. The Balaban J connectivity index is 2.23. The van der Waals surface area contributed by atoms with Crippen LogP contribution < -0.4 is 15.4 Å². The smallest absolute Gasteiger partial charge is 0.144 e. The molecule has 1 aromatic carbocycles. The van der Waals surface area contributed by atoms with Crippen molar-refractivity contribution in [2.45, 2.75) is 39.3 Å². The molecule has 1 heterocycles. The standard InChI is InChI=1S/C15H24N2O2/c1-4-8-18-14-7-5-6-13(15(14)16)17-9-12(3)19-10-11(17)2/h5-7,11-12H,4,8-10,16H2,1-3H3. The molecule has 0 aromatic heterocycles. The van der Waals surface area contributed by atoms with Crippen molar-refractivity contribution in [3.63, 3.8) is 0 Å². The Bertz CT molecular complexity index is 423. The summed E-state index contributed by atoms with van der Waals surface area (Å²) in [5.41, 5.74) is 8.04. The first-order valence-corrected chi connectivity index (χ1v) is 7.03. The summed E-state index contributed by atoms with van der Waals surface area (Å²) in [6.07, 6.45) is 1.21. The van der Waals surface area contributed by atoms with Crippen molar-refractivity contribution in [1.29, 1.82) is 0 Å². The van der Waals surface area contributed by atoms with E-state index in [9.17, 15) is 0 Å². The molecule has 2 atom stereocenters. The molecule has 2 N–H and O–H groups in total. The Kier molecular flexibility index (Phi) is 4.53. The minimum atomic E-state index is 0.232. The Hall–Kier alpha value is -1.42. The van der Waals surface area contributed by atoms with Gasteiger partial charge in [-0.2, -0.15) is 0 Å². The molecule has 1 aliphatic rings. The second kappa shape index (κ2) is 6.15. The topological polar surface area (TPSA) is 47.7 Å². The third-order valence-electron chi connectivity index (χ3n) is 3.42. The fourth-order valence-corrected chi connectivity index (χ4v) is 2.36. The number of morpholine rings is 1. The van der Waals surface area contributed by atoms with E-state index < -0.39 is 0 Å². The van der Waals surface area contributed by atoms with Crippen molar-refractivity contribution in [3.05, 3.63) is 18.2 Å². The number of rotatable bonds is 4. The molecule has 4 heteroatoms. The molecular weight excluding hydrogens is 240 g/mol. The summed E-state index contributed by atoms with van der Waals surface area (Å²) in [7, 11) is 0. The Morgan fingerprint density at radius 2 is 2.21 bits per heavy atom. The van der Waals surface area contributed by atoms with Gasteiger partial charge in [0.1, 0.15) is 5.75 Å². The molecular formula is C15H24N2O2. The molecule has 4 nitrogen and oxygen atoms in total. The highest BCUT2D eigenvalue weighted by atomic mass is 16.5. The van der Waals surface area contributed by atoms with Gasteiger partial charge in [-0.3, -0.25) is 0 Å². The molecule has 19 heavy (non-hydrogen) atoms. The molecule has 1 saturated heterocycles. The first-order valence-electron chi connectivity index (χ1n) is 7.03. The maximum Gasteiger partial charge on any atom is 0.144 e. The quantitative estimate of drug-likeness (QED) is 0.849. The van der Waals surface area contributed by atoms with Crippen molar-refractivity contribution in [3.8, 4) is 5.75 Å². The first-order chi connectivity index (χ1) is 9.13. The van der Waals surface area contributed by atoms with Crippen LogP contribution in [0, 0.1) is 0 Å². The van der Waals surface area contributed by atoms with E-state index in [4.69, 9.17) is 15.2 Å². The highest BCUT2D eigenvalue weighted by Gasteiger charge is 2.25. The van der Waals surface area contributed by atoms with Crippen LogP contribution in [-0.4, -0.2) is 31.9 Å². The lowest BCUT2D eigenvalue weighted by Gasteiger charge is -2.39. The predicted molar refractivity (Wildman–Crippen MR) is 78.9 cm³/mol. The molecule has 0 spiro atoms. The van der Waals surface area contributed by atoms with E-state index in [1.807, 2.05) is 12.1 Å². The maximum absolute atomic E-state index is 6.26. The van der Waals surface area contributed by atoms with E-state index in [1.165, 1.54) is 0 Å². The third kappa shape index (κ3) is 3.13. The minimum Gasteiger partial charge on any atom is -0.491 e. The second-order valence-electron chi connectivity index (χ2n) is 5.18. The van der Waals surface area contributed by atoms with E-state index in [0.29, 0.717) is 12.6 Å². The van der Waals surface area contributed by atoms with Gasteiger partial charge in [0.2, 0.25) is 0 Å². The Morgan fingerprint density at radius 1 is 1.42 bits per heavy atom. The summed E-state index contributed by atoms with van der Waals surface area (Å²) in [6.45, 7) is 8.63. The lowest BCUT2D eigenvalue weighted by atomic mass is 10.1. The fraction of sp³-hybridized carbons (Fsp3) is 0.600. The van der Waals surface area contributed by atoms with Crippen LogP contribution in [0.2, 0.25) is 0 Å². The fourth-order valence-electron chi connectivity index (χ4n) is 2.36. The highest BCUT2D eigenvalue weighted by Crippen LogP contribution is 2.34. The largest absolute Gasteiger partial charge is 0.491 e. The van der Waals surface area contributed by atoms with Crippen LogP contribution >= 0.6 is 0 Å². The van der Waals surface area contributed by atoms with Gasteiger partial charge in [0, 0.05) is 12.6 Å². The molecule has 1 fully saturated rings. The highest BCUT2D eigenvalue weighted by molar-refractivity contribution is 5.74. The van der Waals surface area contributed by atoms with E-state index in [1.54, 1.807) is 0 Å². The number of hydrogen-bond donors (Lipinski definition) is 1. The van der Waals surface area contributed by atoms with Crippen molar-refractivity contribution in [2.75, 3.05) is 30.4 Å². The number of hydrogen-bond acceptors (Lipinski definition) is 4. The molecule has 2 unspecified atom stereocenters. The van der Waals surface area contributed by atoms with E-state index in [0.717, 1.165) is 36.7 Å².